The lowest BCUT2D eigenvalue weighted by Gasteiger charge is -2.25. The van der Waals surface area contributed by atoms with Crippen LogP contribution in [0, 0.1) is 0 Å². The van der Waals surface area contributed by atoms with Crippen LogP contribution in [-0.4, -0.2) is 68.4 Å². The van der Waals surface area contributed by atoms with E-state index in [2.05, 4.69) is 4.90 Å². The Bertz CT molecular complexity index is 408. The zero-order valence-corrected chi connectivity index (χ0v) is 11.8. The second-order valence-corrected chi connectivity index (χ2v) is 7.66. The molecule has 2 heterocycles. The maximum absolute atomic E-state index is 12.0. The molecule has 0 spiro atoms. The van der Waals surface area contributed by atoms with Gasteiger partial charge >= 0.3 is 0 Å². The maximum atomic E-state index is 12.0. The number of nitrogens with zero attached hydrogens (tertiary/aromatic N) is 2. The van der Waals surface area contributed by atoms with Crippen molar-refractivity contribution in [1.82, 2.24) is 9.80 Å². The minimum absolute atomic E-state index is 0.00539. The van der Waals surface area contributed by atoms with Crippen LogP contribution >= 0.6 is 0 Å². The molecule has 0 aromatic carbocycles. The average Bonchev–Trinajstić information content (AvgIpc) is 2.62. The summed E-state index contributed by atoms with van der Waals surface area (Å²) in [5, 5.41) is 0. The molecular formula is C12H22N2O3S. The third-order valence-corrected chi connectivity index (χ3v) is 4.79. The zero-order valence-electron chi connectivity index (χ0n) is 11.0. The SMILES string of the molecule is CS(=O)(=O)CCC(=O)N1CCCN2CCC[C@H]2C1. The second kappa shape index (κ2) is 5.57. The van der Waals surface area contributed by atoms with Gasteiger partial charge in [0.2, 0.25) is 5.91 Å². The number of rotatable bonds is 3. The minimum atomic E-state index is -3.04. The van der Waals surface area contributed by atoms with Gasteiger partial charge < -0.3 is 4.90 Å². The van der Waals surface area contributed by atoms with E-state index in [1.54, 1.807) is 0 Å². The molecule has 2 rings (SSSR count). The van der Waals surface area contributed by atoms with Gasteiger partial charge in [-0.3, -0.25) is 9.69 Å². The molecule has 0 N–H and O–H groups in total. The number of hydrogen-bond donors (Lipinski definition) is 0. The second-order valence-electron chi connectivity index (χ2n) is 5.41. The van der Waals surface area contributed by atoms with E-state index in [1.807, 2.05) is 4.90 Å². The Hall–Kier alpha value is -0.620. The largest absolute Gasteiger partial charge is 0.341 e. The van der Waals surface area contributed by atoms with Crippen LogP contribution < -0.4 is 0 Å². The fraction of sp³-hybridized carbons (Fsp3) is 0.917. The standard InChI is InChI=1S/C12H22N2O3S/c1-18(16,17)9-5-12(15)14-8-3-7-13-6-2-4-11(13)10-14/h11H,2-10H2,1H3/t11-/m0/s1. The summed E-state index contributed by atoms with van der Waals surface area (Å²) < 4.78 is 22.2. The molecule has 0 aliphatic carbocycles. The lowest BCUT2D eigenvalue weighted by molar-refractivity contribution is -0.131. The number of carbonyl (C=O) groups excluding carboxylic acids is 1. The minimum Gasteiger partial charge on any atom is -0.341 e. The Kier molecular flexibility index (Phi) is 4.27. The maximum Gasteiger partial charge on any atom is 0.223 e. The van der Waals surface area contributed by atoms with Gasteiger partial charge in [0.05, 0.1) is 5.75 Å². The number of carbonyl (C=O) groups is 1. The topological polar surface area (TPSA) is 57.7 Å². The van der Waals surface area contributed by atoms with E-state index < -0.39 is 9.84 Å². The molecule has 2 saturated heterocycles. The van der Waals surface area contributed by atoms with Gasteiger partial charge in [-0.15, -0.1) is 0 Å². The third kappa shape index (κ3) is 3.68. The first-order valence-corrected chi connectivity index (χ1v) is 8.71. The van der Waals surface area contributed by atoms with E-state index in [1.165, 1.54) is 12.7 Å². The van der Waals surface area contributed by atoms with Gasteiger partial charge in [-0.05, 0) is 25.8 Å². The van der Waals surface area contributed by atoms with Gasteiger partial charge in [-0.1, -0.05) is 0 Å². The van der Waals surface area contributed by atoms with Crippen molar-refractivity contribution < 1.29 is 13.2 Å². The molecule has 0 bridgehead atoms. The van der Waals surface area contributed by atoms with Crippen molar-refractivity contribution in [3.8, 4) is 0 Å². The molecule has 6 heteroatoms. The highest BCUT2D eigenvalue weighted by Crippen LogP contribution is 2.21. The van der Waals surface area contributed by atoms with Crippen molar-refractivity contribution in [2.45, 2.75) is 31.7 Å². The number of amides is 1. The molecule has 0 aromatic heterocycles. The first kappa shape index (κ1) is 13.8. The number of hydrogen-bond acceptors (Lipinski definition) is 4. The average molecular weight is 274 g/mol. The molecule has 2 aliphatic rings. The van der Waals surface area contributed by atoms with E-state index in [9.17, 15) is 13.2 Å². The van der Waals surface area contributed by atoms with Crippen LogP contribution in [0.3, 0.4) is 0 Å². The fourth-order valence-electron chi connectivity index (χ4n) is 2.86. The van der Waals surface area contributed by atoms with Gasteiger partial charge in [0, 0.05) is 38.4 Å². The molecule has 0 saturated carbocycles. The smallest absolute Gasteiger partial charge is 0.223 e. The summed E-state index contributed by atoms with van der Waals surface area (Å²) in [6, 6.07) is 0.495. The monoisotopic (exact) mass is 274 g/mol. The zero-order chi connectivity index (χ0) is 13.2. The van der Waals surface area contributed by atoms with Crippen LogP contribution in [0.1, 0.15) is 25.7 Å². The lowest BCUT2D eigenvalue weighted by atomic mass is 10.2. The normalized spacial score (nSPS) is 25.8. The predicted molar refractivity (Wildman–Crippen MR) is 70.1 cm³/mol. The first-order chi connectivity index (χ1) is 8.46. The Balaban J connectivity index is 1.89. The molecule has 2 fully saturated rings. The fourth-order valence-corrected chi connectivity index (χ4v) is 3.41. The van der Waals surface area contributed by atoms with Crippen LogP contribution in [0.4, 0.5) is 0 Å². The molecule has 2 aliphatic heterocycles. The summed E-state index contributed by atoms with van der Waals surface area (Å²) in [5.74, 6) is -0.0364. The van der Waals surface area contributed by atoms with Gasteiger partial charge in [-0.2, -0.15) is 0 Å². The Labute approximate surface area is 109 Å². The van der Waals surface area contributed by atoms with Crippen molar-refractivity contribution >= 4 is 15.7 Å². The highest BCUT2D eigenvalue weighted by Gasteiger charge is 2.30. The summed E-state index contributed by atoms with van der Waals surface area (Å²) in [5.41, 5.74) is 0. The first-order valence-electron chi connectivity index (χ1n) is 6.65. The number of sulfone groups is 1. The summed E-state index contributed by atoms with van der Waals surface area (Å²) >= 11 is 0. The molecule has 1 atom stereocenters. The highest BCUT2D eigenvalue weighted by atomic mass is 32.2. The molecule has 5 nitrogen and oxygen atoms in total. The number of fused-ring (bicyclic) bond motifs is 1. The predicted octanol–water partition coefficient (Wildman–Crippen LogP) is 0.118. The van der Waals surface area contributed by atoms with Crippen LogP contribution in [-0.2, 0) is 14.6 Å². The van der Waals surface area contributed by atoms with E-state index >= 15 is 0 Å². The summed E-state index contributed by atoms with van der Waals surface area (Å²) in [6.45, 7) is 3.77. The van der Waals surface area contributed by atoms with Gasteiger partial charge in [0.1, 0.15) is 9.84 Å². The van der Waals surface area contributed by atoms with Crippen molar-refractivity contribution in [2.24, 2.45) is 0 Å². The van der Waals surface area contributed by atoms with E-state index in [0.29, 0.717) is 6.04 Å². The lowest BCUT2D eigenvalue weighted by Crippen LogP contribution is -2.40. The van der Waals surface area contributed by atoms with Gasteiger partial charge in [0.15, 0.2) is 0 Å². The van der Waals surface area contributed by atoms with Crippen LogP contribution in [0.25, 0.3) is 0 Å². The molecular weight excluding hydrogens is 252 g/mol. The van der Waals surface area contributed by atoms with Crippen molar-refractivity contribution in [3.63, 3.8) is 0 Å². The molecule has 1 amide bonds. The van der Waals surface area contributed by atoms with E-state index in [0.717, 1.165) is 39.0 Å². The van der Waals surface area contributed by atoms with Crippen LogP contribution in [0.2, 0.25) is 0 Å². The molecule has 104 valence electrons. The van der Waals surface area contributed by atoms with Crippen LogP contribution in [0.5, 0.6) is 0 Å². The summed E-state index contributed by atoms with van der Waals surface area (Å²) in [7, 11) is -3.04. The van der Waals surface area contributed by atoms with E-state index in [-0.39, 0.29) is 18.1 Å². The Morgan fingerprint density at radius 1 is 1.22 bits per heavy atom. The van der Waals surface area contributed by atoms with Crippen LogP contribution in [0.15, 0.2) is 0 Å². The van der Waals surface area contributed by atoms with Crippen molar-refractivity contribution in [1.29, 1.82) is 0 Å². The highest BCUT2D eigenvalue weighted by molar-refractivity contribution is 7.90. The van der Waals surface area contributed by atoms with Gasteiger partial charge in [-0.25, -0.2) is 8.42 Å². The molecule has 0 radical (unpaired) electrons. The quantitative estimate of drug-likeness (QED) is 0.733. The molecule has 0 aromatic rings. The van der Waals surface area contributed by atoms with Crippen molar-refractivity contribution in [3.05, 3.63) is 0 Å². The Morgan fingerprint density at radius 2 is 1.94 bits per heavy atom. The third-order valence-electron chi connectivity index (χ3n) is 3.84. The molecule has 0 unspecified atom stereocenters. The van der Waals surface area contributed by atoms with Crippen molar-refractivity contribution in [2.75, 3.05) is 38.2 Å². The Morgan fingerprint density at radius 3 is 2.67 bits per heavy atom. The summed E-state index contributed by atoms with van der Waals surface area (Å²) in [4.78, 5) is 16.4. The summed E-state index contributed by atoms with van der Waals surface area (Å²) in [6.07, 6.45) is 4.69. The molecule has 18 heavy (non-hydrogen) atoms. The van der Waals surface area contributed by atoms with Gasteiger partial charge in [0.25, 0.3) is 0 Å². The van der Waals surface area contributed by atoms with E-state index in [4.69, 9.17) is 0 Å².